The number of hydrogen-bond donors (Lipinski definition) is 7. The highest BCUT2D eigenvalue weighted by atomic mass is 16.7. The van der Waals surface area contributed by atoms with Crippen LogP contribution < -0.4 is 0 Å². The highest BCUT2D eigenvalue weighted by Crippen LogP contribution is 2.76. The Morgan fingerprint density at radius 3 is 2.24 bits per heavy atom. The Hall–Kier alpha value is -1.11. The molecule has 10 heteroatoms. The number of aliphatic hydroxyl groups excluding tert-OH is 6. The van der Waals surface area contributed by atoms with Crippen molar-refractivity contribution >= 4 is 5.97 Å². The summed E-state index contributed by atoms with van der Waals surface area (Å²) < 4.78 is 11.5. The summed E-state index contributed by atoms with van der Waals surface area (Å²) in [5.74, 6) is -0.749. The molecule has 0 bridgehead atoms. The molecule has 0 spiro atoms. The molecule has 46 heavy (non-hydrogen) atoms. The third-order valence-electron chi connectivity index (χ3n) is 15.7. The van der Waals surface area contributed by atoms with E-state index in [1.165, 1.54) is 0 Å². The molecule has 0 aromatic carbocycles. The van der Waals surface area contributed by atoms with Gasteiger partial charge < -0.3 is 45.2 Å². The van der Waals surface area contributed by atoms with Gasteiger partial charge >= 0.3 is 5.97 Å². The first-order valence-corrected chi connectivity index (χ1v) is 17.6. The molecule has 6 aliphatic rings. The molecule has 262 valence electrons. The maximum Gasteiger partial charge on any atom is 0.315 e. The lowest BCUT2D eigenvalue weighted by atomic mass is 9.33. The van der Waals surface area contributed by atoms with Gasteiger partial charge in [0.15, 0.2) is 0 Å². The monoisotopic (exact) mass is 650 g/mol. The normalized spacial score (nSPS) is 56.8. The number of ether oxygens (including phenoxy) is 2. The van der Waals surface area contributed by atoms with Gasteiger partial charge in [-0.1, -0.05) is 46.3 Å². The van der Waals surface area contributed by atoms with Crippen LogP contribution >= 0.6 is 0 Å². The molecule has 10 nitrogen and oxygen atoms in total. The number of carbonyl (C=O) groups excluding carboxylic acids is 1. The second-order valence-electron chi connectivity index (χ2n) is 17.4. The van der Waals surface area contributed by atoms with Crippen LogP contribution in [0.2, 0.25) is 0 Å². The topological polar surface area (TPSA) is 177 Å². The lowest BCUT2D eigenvalue weighted by Gasteiger charge is -2.72. The van der Waals surface area contributed by atoms with Crippen LogP contribution in [0.15, 0.2) is 11.6 Å². The van der Waals surface area contributed by atoms with Crippen LogP contribution in [0.1, 0.15) is 99.3 Å². The number of allylic oxidation sites excluding steroid dienone is 1. The summed E-state index contributed by atoms with van der Waals surface area (Å²) in [5, 5.41) is 75.0. The van der Waals surface area contributed by atoms with Crippen LogP contribution in [0.4, 0.5) is 0 Å². The van der Waals surface area contributed by atoms with E-state index in [1.54, 1.807) is 0 Å². The van der Waals surface area contributed by atoms with Crippen molar-refractivity contribution in [1.29, 1.82) is 0 Å². The second-order valence-corrected chi connectivity index (χ2v) is 17.4. The van der Waals surface area contributed by atoms with Crippen LogP contribution in [0.3, 0.4) is 0 Å². The molecule has 5 aliphatic carbocycles. The van der Waals surface area contributed by atoms with Gasteiger partial charge in [-0.15, -0.1) is 0 Å². The zero-order valence-corrected chi connectivity index (χ0v) is 28.5. The number of fused-ring (bicyclic) bond motifs is 7. The molecular weight excluding hydrogens is 592 g/mol. The SMILES string of the molecule is C[C@@H]1CC[C@]2(C(=O)OC3O[C@H](CO)[C@@H](O)[C@H](O)[C@H]3O)CC[C@]3(C)C(=CCC4[C@@]5(C)CC[C@H](O)[C@@](C)(CO)[C@@H]5CC[C@]43C)[C@@H]2[C@]1(C)O. The molecule has 1 heterocycles. The molecular formula is C36H58O10. The quantitative estimate of drug-likeness (QED) is 0.177. The first-order valence-electron chi connectivity index (χ1n) is 17.6. The molecule has 0 radical (unpaired) electrons. The fourth-order valence-corrected chi connectivity index (χ4v) is 12.3. The van der Waals surface area contributed by atoms with Gasteiger partial charge in [0.05, 0.1) is 30.3 Å². The van der Waals surface area contributed by atoms with Crippen LogP contribution in [-0.2, 0) is 14.3 Å². The first-order chi connectivity index (χ1) is 21.4. The first kappa shape index (κ1) is 34.7. The molecule has 1 saturated heterocycles. The molecule has 0 aromatic rings. The number of esters is 1. The minimum absolute atomic E-state index is 0.0435. The Morgan fingerprint density at radius 1 is 0.891 bits per heavy atom. The molecule has 0 aromatic heterocycles. The summed E-state index contributed by atoms with van der Waals surface area (Å²) in [6, 6.07) is 0. The average Bonchev–Trinajstić information content (AvgIpc) is 3.01. The maximum atomic E-state index is 14.5. The summed E-state index contributed by atoms with van der Waals surface area (Å²) in [5.41, 5.74) is -2.34. The predicted molar refractivity (Wildman–Crippen MR) is 168 cm³/mol. The fourth-order valence-electron chi connectivity index (χ4n) is 12.3. The van der Waals surface area contributed by atoms with Crippen LogP contribution in [0.5, 0.6) is 0 Å². The van der Waals surface area contributed by atoms with Crippen molar-refractivity contribution in [2.45, 2.75) is 142 Å². The fraction of sp³-hybridized carbons (Fsp3) is 0.917. The lowest BCUT2D eigenvalue weighted by Crippen LogP contribution is -2.68. The number of carbonyl (C=O) groups is 1. The van der Waals surface area contributed by atoms with E-state index in [9.17, 15) is 40.5 Å². The third-order valence-corrected chi connectivity index (χ3v) is 15.7. The van der Waals surface area contributed by atoms with Crippen LogP contribution in [-0.4, -0.2) is 97.3 Å². The highest BCUT2D eigenvalue weighted by Gasteiger charge is 2.72. The molecule has 4 saturated carbocycles. The van der Waals surface area contributed by atoms with Gasteiger partial charge in [-0.3, -0.25) is 4.79 Å². The van der Waals surface area contributed by atoms with Crippen molar-refractivity contribution in [2.24, 2.45) is 50.7 Å². The van der Waals surface area contributed by atoms with E-state index in [0.717, 1.165) is 31.3 Å². The summed E-state index contributed by atoms with van der Waals surface area (Å²) in [4.78, 5) is 14.5. The van der Waals surface area contributed by atoms with Crippen LogP contribution in [0.25, 0.3) is 0 Å². The number of rotatable bonds is 4. The van der Waals surface area contributed by atoms with Crippen LogP contribution in [0, 0.1) is 50.7 Å². The van der Waals surface area contributed by atoms with Crippen molar-refractivity contribution in [2.75, 3.05) is 13.2 Å². The smallest absolute Gasteiger partial charge is 0.315 e. The molecule has 6 rings (SSSR count). The minimum Gasteiger partial charge on any atom is -0.432 e. The molecule has 0 amide bonds. The van der Waals surface area contributed by atoms with Gasteiger partial charge in [-0.05, 0) is 98.7 Å². The molecule has 1 aliphatic heterocycles. The van der Waals surface area contributed by atoms with Crippen molar-refractivity contribution in [3.05, 3.63) is 11.6 Å². The molecule has 7 N–H and O–H groups in total. The third kappa shape index (κ3) is 4.39. The summed E-state index contributed by atoms with van der Waals surface area (Å²) in [6.07, 6.45) is 0.492. The van der Waals surface area contributed by atoms with E-state index < -0.39 is 71.7 Å². The average molecular weight is 651 g/mol. The van der Waals surface area contributed by atoms with E-state index in [2.05, 4.69) is 26.8 Å². The van der Waals surface area contributed by atoms with Crippen molar-refractivity contribution < 1.29 is 50.0 Å². The number of hydrogen-bond acceptors (Lipinski definition) is 10. The largest absolute Gasteiger partial charge is 0.432 e. The maximum absolute atomic E-state index is 14.5. The van der Waals surface area contributed by atoms with Gasteiger partial charge in [0.1, 0.15) is 24.4 Å². The van der Waals surface area contributed by atoms with Gasteiger partial charge in [0.2, 0.25) is 6.29 Å². The summed E-state index contributed by atoms with van der Waals surface area (Å²) in [6.45, 7) is 12.3. The van der Waals surface area contributed by atoms with Crippen molar-refractivity contribution in [1.82, 2.24) is 0 Å². The van der Waals surface area contributed by atoms with Crippen molar-refractivity contribution in [3.8, 4) is 0 Å². The van der Waals surface area contributed by atoms with E-state index in [0.29, 0.717) is 38.0 Å². The Bertz CT molecular complexity index is 1240. The summed E-state index contributed by atoms with van der Waals surface area (Å²) >= 11 is 0. The Labute approximate surface area is 273 Å². The molecule has 2 unspecified atom stereocenters. The Balaban J connectivity index is 1.39. The van der Waals surface area contributed by atoms with E-state index in [4.69, 9.17) is 9.47 Å². The standard InChI is InChI=1S/C36H58O10/c1-19-9-14-36(30(43)46-29-27(42)26(41)25(40)21(17-37)45-29)16-15-33(4)20(28(36)35(19,6)44)7-8-23-31(2)12-11-24(39)32(3,18-38)22(31)10-13-34(23,33)5/h7,19,21-29,37-42,44H,8-18H2,1-6H3/t19-,21-,22-,23?,24+,25-,26+,27-,28-,29?,31+,32+,33-,34-,35-,36+/m1/s1. The summed E-state index contributed by atoms with van der Waals surface area (Å²) in [7, 11) is 0. The van der Waals surface area contributed by atoms with E-state index in [1.807, 2.05) is 20.8 Å². The highest BCUT2D eigenvalue weighted by molar-refractivity contribution is 5.79. The Kier molecular flexibility index (Phi) is 8.46. The van der Waals surface area contributed by atoms with Crippen molar-refractivity contribution in [3.63, 3.8) is 0 Å². The van der Waals surface area contributed by atoms with E-state index >= 15 is 0 Å². The van der Waals surface area contributed by atoms with Gasteiger partial charge in [0, 0.05) is 11.3 Å². The lowest BCUT2D eigenvalue weighted by molar-refractivity contribution is -0.299. The Morgan fingerprint density at radius 2 is 1.59 bits per heavy atom. The zero-order chi connectivity index (χ0) is 33.8. The molecule has 5 fully saturated rings. The van der Waals surface area contributed by atoms with Gasteiger partial charge in [-0.2, -0.15) is 0 Å². The predicted octanol–water partition coefficient (Wildman–Crippen LogP) is 2.44. The van der Waals surface area contributed by atoms with Gasteiger partial charge in [-0.25, -0.2) is 0 Å². The number of aliphatic hydroxyl groups is 7. The second kappa shape index (κ2) is 11.2. The minimum atomic E-state index is -1.70. The zero-order valence-electron chi connectivity index (χ0n) is 28.5. The molecule has 16 atom stereocenters. The van der Waals surface area contributed by atoms with E-state index in [-0.39, 0.29) is 34.7 Å². The van der Waals surface area contributed by atoms with Gasteiger partial charge in [0.25, 0.3) is 0 Å².